The molecule has 0 aliphatic carbocycles. The molecule has 0 aromatic carbocycles. The van der Waals surface area contributed by atoms with Crippen molar-refractivity contribution < 1.29 is 4.79 Å². The summed E-state index contributed by atoms with van der Waals surface area (Å²) in [4.78, 5) is 15.7. The van der Waals surface area contributed by atoms with Crippen LogP contribution < -0.4 is 5.32 Å². The number of halogens is 2. The number of rotatable bonds is 2. The number of nitrogens with one attached hydrogen (secondary N) is 2. The third kappa shape index (κ3) is 2.40. The lowest BCUT2D eigenvalue weighted by atomic mass is 10.2. The van der Waals surface area contributed by atoms with Crippen LogP contribution in [0, 0.1) is 0 Å². The minimum atomic E-state index is -0.333. The van der Waals surface area contributed by atoms with Crippen molar-refractivity contribution in [2.24, 2.45) is 0 Å². The van der Waals surface area contributed by atoms with Crippen LogP contribution in [0.5, 0.6) is 0 Å². The van der Waals surface area contributed by atoms with E-state index in [4.69, 9.17) is 11.6 Å². The zero-order valence-corrected chi connectivity index (χ0v) is 10.2. The molecule has 0 radical (unpaired) electrons. The van der Waals surface area contributed by atoms with Gasteiger partial charge in [-0.15, -0.1) is 0 Å². The van der Waals surface area contributed by atoms with Crippen molar-refractivity contribution >= 4 is 39.1 Å². The summed E-state index contributed by atoms with van der Waals surface area (Å²) in [6.45, 7) is 0. The molecule has 2 heterocycles. The Morgan fingerprint density at radius 3 is 3.00 bits per heavy atom. The second-order valence-corrected chi connectivity index (χ2v) is 4.21. The number of carbonyl (C=O) groups is 1. The van der Waals surface area contributed by atoms with Gasteiger partial charge in [-0.25, -0.2) is 4.98 Å². The summed E-state index contributed by atoms with van der Waals surface area (Å²) in [6, 6.07) is 1.60. The molecule has 2 aromatic heterocycles. The van der Waals surface area contributed by atoms with Crippen molar-refractivity contribution in [2.75, 3.05) is 5.32 Å². The Labute approximate surface area is 104 Å². The Bertz CT molecular complexity index is 514. The molecule has 82 valence electrons. The van der Waals surface area contributed by atoms with Gasteiger partial charge in [-0.3, -0.25) is 9.89 Å². The van der Waals surface area contributed by atoms with Crippen molar-refractivity contribution in [1.29, 1.82) is 0 Å². The van der Waals surface area contributed by atoms with Gasteiger partial charge in [-0.1, -0.05) is 11.6 Å². The third-order valence-electron chi connectivity index (χ3n) is 1.81. The Morgan fingerprint density at radius 2 is 2.31 bits per heavy atom. The maximum absolute atomic E-state index is 11.8. The highest BCUT2D eigenvalue weighted by Gasteiger charge is 2.12. The molecule has 5 nitrogen and oxygen atoms in total. The van der Waals surface area contributed by atoms with E-state index in [1.54, 1.807) is 12.3 Å². The van der Waals surface area contributed by atoms with Crippen LogP contribution in [0.3, 0.4) is 0 Å². The average molecular weight is 302 g/mol. The number of hydrogen-bond acceptors (Lipinski definition) is 3. The molecule has 2 rings (SSSR count). The van der Waals surface area contributed by atoms with Crippen LogP contribution in [-0.4, -0.2) is 21.1 Å². The van der Waals surface area contributed by atoms with Gasteiger partial charge in [0, 0.05) is 16.9 Å². The second-order valence-electron chi connectivity index (χ2n) is 2.93. The van der Waals surface area contributed by atoms with Gasteiger partial charge in [-0.05, 0) is 22.0 Å². The molecule has 0 spiro atoms. The highest BCUT2D eigenvalue weighted by molar-refractivity contribution is 9.10. The number of aromatic nitrogens is 3. The monoisotopic (exact) mass is 300 g/mol. The number of carbonyl (C=O) groups excluding carboxylic acids is 1. The smallest absolute Gasteiger partial charge is 0.258 e. The van der Waals surface area contributed by atoms with Crippen LogP contribution in [0.2, 0.25) is 5.15 Å². The fourth-order valence-electron chi connectivity index (χ4n) is 1.10. The first kappa shape index (κ1) is 11.1. The number of H-pyrrole nitrogens is 1. The van der Waals surface area contributed by atoms with Crippen molar-refractivity contribution in [3.63, 3.8) is 0 Å². The fraction of sp³-hybridized carbons (Fsp3) is 0. The molecule has 0 unspecified atom stereocenters. The second kappa shape index (κ2) is 4.63. The molecule has 0 saturated carbocycles. The average Bonchev–Trinajstić information content (AvgIpc) is 2.74. The summed E-state index contributed by atoms with van der Waals surface area (Å²) in [6.07, 6.45) is 4.59. The van der Waals surface area contributed by atoms with Crippen molar-refractivity contribution in [3.8, 4) is 0 Å². The zero-order chi connectivity index (χ0) is 11.5. The lowest BCUT2D eigenvalue weighted by Gasteiger charge is -2.04. The molecule has 0 saturated heterocycles. The summed E-state index contributed by atoms with van der Waals surface area (Å²) >= 11 is 9.04. The highest BCUT2D eigenvalue weighted by atomic mass is 79.9. The Hall–Kier alpha value is -1.40. The molecular weight excluding hydrogens is 295 g/mol. The molecule has 0 aliphatic rings. The van der Waals surface area contributed by atoms with Crippen LogP contribution in [0.15, 0.2) is 29.1 Å². The van der Waals surface area contributed by atoms with Gasteiger partial charge in [0.25, 0.3) is 5.91 Å². The highest BCUT2D eigenvalue weighted by Crippen LogP contribution is 2.19. The first-order chi connectivity index (χ1) is 7.66. The number of pyridine rings is 1. The molecule has 0 aliphatic heterocycles. The predicted molar refractivity (Wildman–Crippen MR) is 63.5 cm³/mol. The minimum absolute atomic E-state index is 0.157. The molecule has 2 aromatic rings. The van der Waals surface area contributed by atoms with E-state index >= 15 is 0 Å². The van der Waals surface area contributed by atoms with E-state index in [9.17, 15) is 4.79 Å². The van der Waals surface area contributed by atoms with Crippen LogP contribution in [0.1, 0.15) is 10.4 Å². The van der Waals surface area contributed by atoms with E-state index in [1.807, 2.05) is 0 Å². The van der Waals surface area contributed by atoms with Crippen molar-refractivity contribution in [1.82, 2.24) is 15.2 Å². The van der Waals surface area contributed by atoms with Gasteiger partial charge in [0.2, 0.25) is 0 Å². The van der Waals surface area contributed by atoms with Crippen molar-refractivity contribution in [2.45, 2.75) is 0 Å². The maximum atomic E-state index is 11.8. The molecule has 2 N–H and O–H groups in total. The molecule has 0 bridgehead atoms. The predicted octanol–water partition coefficient (Wildman–Crippen LogP) is 2.47. The Kier molecular flexibility index (Phi) is 3.21. The topological polar surface area (TPSA) is 70.7 Å². The molecular formula is C9H6BrClN4O. The van der Waals surface area contributed by atoms with E-state index in [2.05, 4.69) is 36.4 Å². The number of anilines is 1. The lowest BCUT2D eigenvalue weighted by Crippen LogP contribution is -2.12. The molecule has 7 heteroatoms. The largest absolute Gasteiger partial charge is 0.319 e. The van der Waals surface area contributed by atoms with Gasteiger partial charge < -0.3 is 5.32 Å². The summed E-state index contributed by atoms with van der Waals surface area (Å²) in [5.41, 5.74) is 0.873. The van der Waals surface area contributed by atoms with Gasteiger partial charge >= 0.3 is 0 Å². The van der Waals surface area contributed by atoms with Crippen LogP contribution in [0.4, 0.5) is 5.69 Å². The first-order valence-electron chi connectivity index (χ1n) is 4.28. The standard InChI is InChI=1S/C9H6BrClN4O/c10-5-1-7(8(11)12-2-5)9(16)15-6-3-13-14-4-6/h1-4H,(H,13,14)(H,15,16). The van der Waals surface area contributed by atoms with E-state index in [1.165, 1.54) is 12.4 Å². The van der Waals surface area contributed by atoms with Crippen LogP contribution in [-0.2, 0) is 0 Å². The van der Waals surface area contributed by atoms with Crippen LogP contribution in [0.25, 0.3) is 0 Å². The maximum Gasteiger partial charge on any atom is 0.258 e. The Morgan fingerprint density at radius 1 is 1.50 bits per heavy atom. The number of nitrogens with zero attached hydrogens (tertiary/aromatic N) is 2. The molecule has 16 heavy (non-hydrogen) atoms. The van der Waals surface area contributed by atoms with Gasteiger partial charge in [0.1, 0.15) is 5.15 Å². The van der Waals surface area contributed by atoms with E-state index in [-0.39, 0.29) is 11.1 Å². The quantitative estimate of drug-likeness (QED) is 0.837. The molecule has 0 atom stereocenters. The van der Waals surface area contributed by atoms with Gasteiger partial charge in [-0.2, -0.15) is 5.10 Å². The summed E-state index contributed by atoms with van der Waals surface area (Å²) in [5, 5.41) is 9.09. The first-order valence-corrected chi connectivity index (χ1v) is 5.45. The van der Waals surface area contributed by atoms with E-state index in [0.717, 1.165) is 0 Å². The Balaban J connectivity index is 2.24. The van der Waals surface area contributed by atoms with E-state index < -0.39 is 0 Å². The van der Waals surface area contributed by atoms with E-state index in [0.29, 0.717) is 15.7 Å². The summed E-state index contributed by atoms with van der Waals surface area (Å²) in [5.74, 6) is -0.333. The lowest BCUT2D eigenvalue weighted by molar-refractivity contribution is 0.102. The molecule has 0 fully saturated rings. The number of hydrogen-bond donors (Lipinski definition) is 2. The normalized spacial score (nSPS) is 10.1. The summed E-state index contributed by atoms with van der Waals surface area (Å²) < 4.78 is 0.689. The number of amides is 1. The van der Waals surface area contributed by atoms with Gasteiger partial charge in [0.05, 0.1) is 17.4 Å². The zero-order valence-electron chi connectivity index (χ0n) is 7.87. The molecule has 1 amide bonds. The third-order valence-corrected chi connectivity index (χ3v) is 2.54. The minimum Gasteiger partial charge on any atom is -0.319 e. The van der Waals surface area contributed by atoms with Crippen LogP contribution >= 0.6 is 27.5 Å². The van der Waals surface area contributed by atoms with Crippen molar-refractivity contribution in [3.05, 3.63) is 39.8 Å². The SMILES string of the molecule is O=C(Nc1cn[nH]c1)c1cc(Br)cnc1Cl. The number of aromatic amines is 1. The summed E-state index contributed by atoms with van der Waals surface area (Å²) in [7, 11) is 0. The fourth-order valence-corrected chi connectivity index (χ4v) is 1.62. The van der Waals surface area contributed by atoms with Gasteiger partial charge in [0.15, 0.2) is 0 Å².